The van der Waals surface area contributed by atoms with Gasteiger partial charge >= 0.3 is 5.97 Å². The van der Waals surface area contributed by atoms with E-state index in [2.05, 4.69) is 0 Å². The fraction of sp³-hybridized carbons (Fsp3) is 0.667. The molecule has 2 heterocycles. The fourth-order valence-electron chi connectivity index (χ4n) is 2.84. The molecule has 0 aromatic carbocycles. The zero-order chi connectivity index (χ0) is 14.3. The molecule has 0 aliphatic carbocycles. The summed E-state index contributed by atoms with van der Waals surface area (Å²) in [7, 11) is 1.53. The van der Waals surface area contributed by atoms with Crippen molar-refractivity contribution in [3.63, 3.8) is 0 Å². The molecule has 2 N–H and O–H groups in total. The molecule has 0 radical (unpaired) electrons. The highest BCUT2D eigenvalue weighted by atomic mass is 32.2. The van der Waals surface area contributed by atoms with E-state index in [1.165, 1.54) is 23.8 Å². The van der Waals surface area contributed by atoms with Crippen molar-refractivity contribution < 1.29 is 24.5 Å². The standard InChI is InChI=1S/C12H17NO5S/c1-5-8-7(6(2)14)11(15)13(8)9(12(16)17)10(5)19-4-18-3/h5-8,14H,4H2,1-3H3,(H,16,17)/t5-,6?,7-,8-/m1/s1. The van der Waals surface area contributed by atoms with Crippen molar-refractivity contribution in [1.29, 1.82) is 0 Å². The molecule has 7 heteroatoms. The zero-order valence-corrected chi connectivity index (χ0v) is 11.8. The summed E-state index contributed by atoms with van der Waals surface area (Å²) >= 11 is 1.29. The van der Waals surface area contributed by atoms with Gasteiger partial charge in [-0.15, -0.1) is 0 Å². The number of aliphatic hydroxyl groups excluding tert-OH is 1. The number of aliphatic carboxylic acids is 1. The van der Waals surface area contributed by atoms with E-state index in [1.54, 1.807) is 6.92 Å². The number of nitrogens with zero attached hydrogens (tertiary/aromatic N) is 1. The predicted octanol–water partition coefficient (Wildman–Crippen LogP) is 0.477. The van der Waals surface area contributed by atoms with Crippen molar-refractivity contribution in [1.82, 2.24) is 4.90 Å². The fourth-order valence-corrected chi connectivity index (χ4v) is 3.81. The molecule has 1 fully saturated rings. The monoisotopic (exact) mass is 287 g/mol. The molecule has 2 aliphatic heterocycles. The first kappa shape index (κ1) is 14.4. The normalized spacial score (nSPS) is 31.3. The number of carboxylic acid groups (broad SMARTS) is 1. The van der Waals surface area contributed by atoms with Crippen molar-refractivity contribution in [3.05, 3.63) is 10.6 Å². The first-order valence-electron chi connectivity index (χ1n) is 6.02. The third-order valence-corrected chi connectivity index (χ3v) is 4.87. The van der Waals surface area contributed by atoms with Gasteiger partial charge in [-0.3, -0.25) is 4.79 Å². The van der Waals surface area contributed by atoms with Crippen molar-refractivity contribution in [2.24, 2.45) is 11.8 Å². The number of rotatable bonds is 5. The number of methoxy groups -OCH3 is 1. The second-order valence-electron chi connectivity index (χ2n) is 4.82. The number of hydrogen-bond donors (Lipinski definition) is 2. The highest BCUT2D eigenvalue weighted by Gasteiger charge is 2.59. The van der Waals surface area contributed by atoms with Gasteiger partial charge in [0.25, 0.3) is 0 Å². The number of aliphatic hydroxyl groups is 1. The molecular formula is C12H17NO5S. The second kappa shape index (κ2) is 5.15. The van der Waals surface area contributed by atoms with Crippen molar-refractivity contribution in [2.75, 3.05) is 13.0 Å². The Morgan fingerprint density at radius 2 is 2.21 bits per heavy atom. The Bertz CT molecular complexity index is 447. The van der Waals surface area contributed by atoms with Crippen LogP contribution in [-0.4, -0.2) is 52.2 Å². The van der Waals surface area contributed by atoms with E-state index in [0.717, 1.165) is 0 Å². The van der Waals surface area contributed by atoms with Crippen LogP contribution in [0.5, 0.6) is 0 Å². The Morgan fingerprint density at radius 1 is 1.58 bits per heavy atom. The van der Waals surface area contributed by atoms with E-state index in [9.17, 15) is 19.8 Å². The first-order chi connectivity index (χ1) is 8.91. The van der Waals surface area contributed by atoms with Crippen molar-refractivity contribution >= 4 is 23.6 Å². The predicted molar refractivity (Wildman–Crippen MR) is 69.1 cm³/mol. The van der Waals surface area contributed by atoms with Crippen LogP contribution in [0.15, 0.2) is 10.6 Å². The number of β-lactam (4-membered cyclic amide) rings is 1. The van der Waals surface area contributed by atoms with E-state index in [0.29, 0.717) is 10.8 Å². The third-order valence-electron chi connectivity index (χ3n) is 3.64. The van der Waals surface area contributed by atoms with E-state index >= 15 is 0 Å². The van der Waals surface area contributed by atoms with Gasteiger partial charge in [0.2, 0.25) is 5.91 Å². The highest BCUT2D eigenvalue weighted by molar-refractivity contribution is 8.03. The maximum absolute atomic E-state index is 12.0. The van der Waals surface area contributed by atoms with Crippen LogP contribution >= 0.6 is 11.8 Å². The molecule has 2 aliphatic rings. The van der Waals surface area contributed by atoms with Gasteiger partial charge < -0.3 is 19.8 Å². The van der Waals surface area contributed by atoms with Gasteiger partial charge in [0.15, 0.2) is 0 Å². The molecule has 0 saturated carbocycles. The topological polar surface area (TPSA) is 87.1 Å². The number of ether oxygens (including phenoxy) is 1. The first-order valence-corrected chi connectivity index (χ1v) is 7.00. The Labute approximate surface area is 115 Å². The van der Waals surface area contributed by atoms with Crippen LogP contribution in [0.2, 0.25) is 0 Å². The molecular weight excluding hydrogens is 270 g/mol. The molecule has 1 unspecified atom stereocenters. The third kappa shape index (κ3) is 2.05. The summed E-state index contributed by atoms with van der Waals surface area (Å²) in [5.41, 5.74) is 0.0430. The Morgan fingerprint density at radius 3 is 2.68 bits per heavy atom. The molecule has 1 amide bonds. The van der Waals surface area contributed by atoms with E-state index in [-0.39, 0.29) is 23.6 Å². The molecule has 6 nitrogen and oxygen atoms in total. The van der Waals surface area contributed by atoms with E-state index < -0.39 is 18.0 Å². The number of hydrogen-bond acceptors (Lipinski definition) is 5. The smallest absolute Gasteiger partial charge is 0.353 e. The van der Waals surface area contributed by atoms with Gasteiger partial charge in [-0.1, -0.05) is 18.7 Å². The average molecular weight is 287 g/mol. The molecule has 0 aromatic heterocycles. The molecule has 2 rings (SSSR count). The molecule has 0 bridgehead atoms. The van der Waals surface area contributed by atoms with Gasteiger partial charge in [-0.25, -0.2) is 4.79 Å². The quantitative estimate of drug-likeness (QED) is 0.565. The van der Waals surface area contributed by atoms with Crippen LogP contribution in [0.1, 0.15) is 13.8 Å². The van der Waals surface area contributed by atoms with Gasteiger partial charge in [0.05, 0.1) is 24.0 Å². The second-order valence-corrected chi connectivity index (χ2v) is 5.79. The lowest BCUT2D eigenvalue weighted by Crippen LogP contribution is -2.63. The molecule has 0 spiro atoms. The Hall–Kier alpha value is -1.05. The average Bonchev–Trinajstić information content (AvgIpc) is 2.56. The van der Waals surface area contributed by atoms with Crippen LogP contribution in [0.4, 0.5) is 0 Å². The number of carbonyl (C=O) groups is 2. The number of carbonyl (C=O) groups excluding carboxylic acids is 1. The summed E-state index contributed by atoms with van der Waals surface area (Å²) in [5.74, 6) is -1.68. The molecule has 1 saturated heterocycles. The van der Waals surface area contributed by atoms with Crippen LogP contribution in [0, 0.1) is 11.8 Å². The molecule has 106 valence electrons. The Balaban J connectivity index is 2.32. The van der Waals surface area contributed by atoms with E-state index in [4.69, 9.17) is 4.74 Å². The summed E-state index contributed by atoms with van der Waals surface area (Å²) in [6, 6.07) is -0.252. The summed E-state index contributed by atoms with van der Waals surface area (Å²) in [6.07, 6.45) is -0.766. The number of amides is 1. The largest absolute Gasteiger partial charge is 0.477 e. The van der Waals surface area contributed by atoms with Crippen LogP contribution in [0.3, 0.4) is 0 Å². The number of thioether (sulfide) groups is 1. The lowest BCUT2D eigenvalue weighted by atomic mass is 9.79. The Kier molecular flexibility index (Phi) is 3.89. The van der Waals surface area contributed by atoms with Gasteiger partial charge in [-0.2, -0.15) is 0 Å². The summed E-state index contributed by atoms with van der Waals surface area (Å²) < 4.78 is 4.96. The number of carboxylic acids is 1. The lowest BCUT2D eigenvalue weighted by Gasteiger charge is -2.46. The van der Waals surface area contributed by atoms with Gasteiger partial charge in [-0.05, 0) is 6.92 Å². The minimum absolute atomic E-state index is 0.0430. The SMILES string of the molecule is COCSC1=C(C(=O)O)N2C(=O)[C@H](C(C)O)[C@H]2[C@H]1C. The van der Waals surface area contributed by atoms with Crippen LogP contribution in [0.25, 0.3) is 0 Å². The van der Waals surface area contributed by atoms with Crippen molar-refractivity contribution in [3.8, 4) is 0 Å². The molecule has 19 heavy (non-hydrogen) atoms. The summed E-state index contributed by atoms with van der Waals surface area (Å²) in [5, 5.41) is 18.9. The van der Waals surface area contributed by atoms with Crippen LogP contribution < -0.4 is 0 Å². The molecule has 0 aromatic rings. The maximum atomic E-state index is 12.0. The van der Waals surface area contributed by atoms with Gasteiger partial charge in [0.1, 0.15) is 5.70 Å². The molecule has 4 atom stereocenters. The number of fused-ring (bicyclic) bond motifs is 1. The van der Waals surface area contributed by atoms with E-state index in [1.807, 2.05) is 6.92 Å². The summed E-state index contributed by atoms with van der Waals surface area (Å²) in [4.78, 5) is 25.3. The summed E-state index contributed by atoms with van der Waals surface area (Å²) in [6.45, 7) is 3.45. The maximum Gasteiger partial charge on any atom is 0.353 e. The van der Waals surface area contributed by atoms with Gasteiger partial charge in [0, 0.05) is 17.9 Å². The minimum Gasteiger partial charge on any atom is -0.477 e. The minimum atomic E-state index is -1.11. The van der Waals surface area contributed by atoms with Crippen LogP contribution in [-0.2, 0) is 14.3 Å². The lowest BCUT2D eigenvalue weighted by molar-refractivity contribution is -0.163. The zero-order valence-electron chi connectivity index (χ0n) is 11.0. The highest BCUT2D eigenvalue weighted by Crippen LogP contribution is 2.50. The van der Waals surface area contributed by atoms with Crippen molar-refractivity contribution in [2.45, 2.75) is 26.0 Å².